The summed E-state index contributed by atoms with van der Waals surface area (Å²) in [5.41, 5.74) is 1.32. The van der Waals surface area contributed by atoms with Gasteiger partial charge in [-0.25, -0.2) is 0 Å². The number of nitrogens with zero attached hydrogens (tertiary/aromatic N) is 1. The topological polar surface area (TPSA) is 94.9 Å². The number of carboxylic acids is 1. The molecule has 6 heteroatoms. The molecule has 0 aromatic heterocycles. The summed E-state index contributed by atoms with van der Waals surface area (Å²) in [4.78, 5) is 37.4. The molecule has 29 heavy (non-hydrogen) atoms. The van der Waals surface area contributed by atoms with E-state index in [4.69, 9.17) is 5.11 Å². The molecule has 3 rings (SSSR count). The van der Waals surface area contributed by atoms with Crippen molar-refractivity contribution in [2.24, 2.45) is 0 Å². The van der Waals surface area contributed by atoms with Crippen LogP contribution in [-0.4, -0.2) is 45.4 Å². The van der Waals surface area contributed by atoms with Crippen molar-refractivity contribution in [1.82, 2.24) is 4.90 Å². The van der Waals surface area contributed by atoms with Crippen LogP contribution in [0.4, 0.5) is 0 Å². The van der Waals surface area contributed by atoms with Crippen molar-refractivity contribution in [2.45, 2.75) is 18.9 Å². The first-order chi connectivity index (χ1) is 14.0. The van der Waals surface area contributed by atoms with Gasteiger partial charge in [-0.15, -0.1) is 0 Å². The van der Waals surface area contributed by atoms with Gasteiger partial charge in [0, 0.05) is 18.5 Å². The number of aliphatic carboxylic acids is 1. The minimum Gasteiger partial charge on any atom is -0.507 e. The minimum absolute atomic E-state index is 0.00343. The second-order valence-electron chi connectivity index (χ2n) is 6.67. The summed E-state index contributed by atoms with van der Waals surface area (Å²) >= 11 is 0. The molecular formula is C23H21NO5. The molecule has 1 saturated heterocycles. The summed E-state index contributed by atoms with van der Waals surface area (Å²) in [6.07, 6.45) is 3.56. The van der Waals surface area contributed by atoms with Gasteiger partial charge in [-0.2, -0.15) is 0 Å². The monoisotopic (exact) mass is 391 g/mol. The van der Waals surface area contributed by atoms with E-state index in [2.05, 4.69) is 0 Å². The Labute approximate surface area is 168 Å². The quantitative estimate of drug-likeness (QED) is 0.429. The number of ketones is 1. The summed E-state index contributed by atoms with van der Waals surface area (Å²) in [7, 11) is 0. The van der Waals surface area contributed by atoms with Crippen LogP contribution in [-0.2, 0) is 14.4 Å². The lowest BCUT2D eigenvalue weighted by atomic mass is 10.00. The van der Waals surface area contributed by atoms with Crippen LogP contribution in [0.25, 0.3) is 11.8 Å². The normalized spacial score (nSPS) is 18.5. The van der Waals surface area contributed by atoms with Gasteiger partial charge in [-0.1, -0.05) is 72.8 Å². The number of carboxylic acid groups (broad SMARTS) is 1. The van der Waals surface area contributed by atoms with Gasteiger partial charge >= 0.3 is 5.97 Å². The Kier molecular flexibility index (Phi) is 6.24. The molecule has 0 radical (unpaired) electrons. The van der Waals surface area contributed by atoms with Crippen LogP contribution in [0.15, 0.2) is 72.3 Å². The first-order valence-electron chi connectivity index (χ1n) is 9.28. The highest BCUT2D eigenvalue weighted by Crippen LogP contribution is 2.30. The Morgan fingerprint density at radius 3 is 2.21 bits per heavy atom. The number of hydrogen-bond acceptors (Lipinski definition) is 4. The van der Waals surface area contributed by atoms with Crippen molar-refractivity contribution in [2.75, 3.05) is 6.54 Å². The van der Waals surface area contributed by atoms with Crippen molar-refractivity contribution >= 4 is 29.5 Å². The van der Waals surface area contributed by atoms with Gasteiger partial charge in [-0.3, -0.25) is 14.4 Å². The first-order valence-corrected chi connectivity index (χ1v) is 9.28. The zero-order valence-corrected chi connectivity index (χ0v) is 15.7. The average molecular weight is 391 g/mol. The van der Waals surface area contributed by atoms with Crippen LogP contribution >= 0.6 is 0 Å². The molecule has 0 bridgehead atoms. The Bertz CT molecular complexity index is 963. The molecule has 0 spiro atoms. The van der Waals surface area contributed by atoms with Crippen molar-refractivity contribution in [3.05, 3.63) is 83.4 Å². The van der Waals surface area contributed by atoms with E-state index in [1.165, 1.54) is 4.90 Å². The molecule has 2 N–H and O–H groups in total. The molecule has 1 aliphatic rings. The summed E-state index contributed by atoms with van der Waals surface area (Å²) in [6, 6.07) is 17.2. The molecule has 1 unspecified atom stereocenters. The van der Waals surface area contributed by atoms with Gasteiger partial charge in [-0.05, 0) is 12.0 Å². The number of aliphatic hydroxyl groups is 1. The molecule has 1 fully saturated rings. The zero-order chi connectivity index (χ0) is 20.8. The van der Waals surface area contributed by atoms with Gasteiger partial charge < -0.3 is 15.1 Å². The smallest absolute Gasteiger partial charge is 0.303 e. The molecule has 2 aromatic carbocycles. The fourth-order valence-corrected chi connectivity index (χ4v) is 3.27. The van der Waals surface area contributed by atoms with E-state index in [0.29, 0.717) is 5.56 Å². The van der Waals surface area contributed by atoms with E-state index in [0.717, 1.165) is 5.56 Å². The molecule has 6 nitrogen and oxygen atoms in total. The fraction of sp³-hybridized carbons (Fsp3) is 0.174. The second-order valence-corrected chi connectivity index (χ2v) is 6.67. The number of likely N-dealkylation sites (tertiary alicyclic amines) is 1. The van der Waals surface area contributed by atoms with Gasteiger partial charge in [0.2, 0.25) is 0 Å². The standard InChI is InChI=1S/C23H21NO5/c25-19(26)12-7-15-24-18(14-13-16-8-3-1-4-9-16)20(22(28)23(24)29)21(27)17-10-5-2-6-11-17/h1-6,8-11,13-14,18,27H,7,12,15H2,(H,25,26)/b14-13+,21-20?. The fourth-order valence-electron chi connectivity index (χ4n) is 3.27. The third-order valence-corrected chi connectivity index (χ3v) is 4.69. The molecule has 0 saturated carbocycles. The van der Waals surface area contributed by atoms with Crippen molar-refractivity contribution in [3.63, 3.8) is 0 Å². The lowest BCUT2D eigenvalue weighted by Crippen LogP contribution is -2.34. The van der Waals surface area contributed by atoms with E-state index >= 15 is 0 Å². The SMILES string of the molecule is O=C(O)CCCN1C(=O)C(=O)C(=C(O)c2ccccc2)C1/C=C/c1ccccc1. The molecule has 2 aromatic rings. The molecular weight excluding hydrogens is 370 g/mol. The van der Waals surface area contributed by atoms with Crippen LogP contribution in [0, 0.1) is 0 Å². The Morgan fingerprint density at radius 1 is 0.966 bits per heavy atom. The minimum atomic E-state index is -0.970. The highest BCUT2D eigenvalue weighted by atomic mass is 16.4. The Hall–Kier alpha value is -3.67. The number of carbonyl (C=O) groups is 3. The van der Waals surface area contributed by atoms with E-state index in [-0.39, 0.29) is 30.7 Å². The molecule has 1 amide bonds. The van der Waals surface area contributed by atoms with Crippen molar-refractivity contribution in [3.8, 4) is 0 Å². The predicted molar refractivity (Wildman–Crippen MR) is 109 cm³/mol. The number of benzene rings is 2. The lowest BCUT2D eigenvalue weighted by molar-refractivity contribution is -0.140. The molecule has 1 aliphatic heterocycles. The van der Waals surface area contributed by atoms with E-state index in [1.54, 1.807) is 42.5 Å². The maximum absolute atomic E-state index is 12.7. The molecule has 0 aliphatic carbocycles. The average Bonchev–Trinajstić information content (AvgIpc) is 2.97. The van der Waals surface area contributed by atoms with Crippen LogP contribution < -0.4 is 0 Å². The van der Waals surface area contributed by atoms with Crippen LogP contribution in [0.5, 0.6) is 0 Å². The first kappa shape index (κ1) is 20.1. The van der Waals surface area contributed by atoms with Gasteiger partial charge in [0.25, 0.3) is 11.7 Å². The largest absolute Gasteiger partial charge is 0.507 e. The molecule has 1 heterocycles. The Morgan fingerprint density at radius 2 is 1.59 bits per heavy atom. The number of rotatable bonds is 7. The molecule has 148 valence electrons. The van der Waals surface area contributed by atoms with E-state index in [1.807, 2.05) is 30.3 Å². The lowest BCUT2D eigenvalue weighted by Gasteiger charge is -2.22. The van der Waals surface area contributed by atoms with E-state index in [9.17, 15) is 19.5 Å². The van der Waals surface area contributed by atoms with Crippen LogP contribution in [0.1, 0.15) is 24.0 Å². The van der Waals surface area contributed by atoms with Crippen molar-refractivity contribution in [1.29, 1.82) is 0 Å². The summed E-state index contributed by atoms with van der Waals surface area (Å²) in [5.74, 6) is -2.73. The van der Waals surface area contributed by atoms with E-state index < -0.39 is 23.7 Å². The molecule has 1 atom stereocenters. The highest BCUT2D eigenvalue weighted by molar-refractivity contribution is 6.47. The third-order valence-electron chi connectivity index (χ3n) is 4.69. The number of amides is 1. The number of aliphatic hydroxyl groups excluding tert-OH is 1. The summed E-state index contributed by atoms with van der Waals surface area (Å²) in [6.45, 7) is 0.103. The second kappa shape index (κ2) is 9.01. The highest BCUT2D eigenvalue weighted by Gasteiger charge is 2.43. The van der Waals surface area contributed by atoms with Crippen LogP contribution in [0.3, 0.4) is 0 Å². The number of hydrogen-bond donors (Lipinski definition) is 2. The van der Waals surface area contributed by atoms with Gasteiger partial charge in [0.05, 0.1) is 11.6 Å². The van der Waals surface area contributed by atoms with Crippen molar-refractivity contribution < 1.29 is 24.6 Å². The summed E-state index contributed by atoms with van der Waals surface area (Å²) < 4.78 is 0. The third kappa shape index (κ3) is 4.60. The van der Waals surface area contributed by atoms with Gasteiger partial charge in [0.1, 0.15) is 5.76 Å². The Balaban J connectivity index is 2.00. The van der Waals surface area contributed by atoms with Crippen LogP contribution in [0.2, 0.25) is 0 Å². The zero-order valence-electron chi connectivity index (χ0n) is 15.7. The summed E-state index contributed by atoms with van der Waals surface area (Å²) in [5, 5.41) is 19.6. The predicted octanol–water partition coefficient (Wildman–Crippen LogP) is 3.31. The number of carbonyl (C=O) groups excluding carboxylic acids is 2. The van der Waals surface area contributed by atoms with Gasteiger partial charge in [0.15, 0.2) is 0 Å². The maximum atomic E-state index is 12.7. The maximum Gasteiger partial charge on any atom is 0.303 e. The number of Topliss-reactive ketones (excluding diaryl/α,β-unsaturated/α-hetero) is 1.